The van der Waals surface area contributed by atoms with Gasteiger partial charge in [0.15, 0.2) is 0 Å². The molecule has 1 aliphatic rings. The summed E-state index contributed by atoms with van der Waals surface area (Å²) in [6, 6.07) is 4.63. The van der Waals surface area contributed by atoms with E-state index in [1.807, 2.05) is 6.07 Å². The molecule has 0 radical (unpaired) electrons. The highest BCUT2D eigenvalue weighted by molar-refractivity contribution is 6.30. The molecule has 2 rings (SSSR count). The fourth-order valence-electron chi connectivity index (χ4n) is 2.40. The van der Waals surface area contributed by atoms with Crippen LogP contribution in [-0.2, 0) is 12.8 Å². The van der Waals surface area contributed by atoms with Gasteiger partial charge in [0, 0.05) is 17.5 Å². The molecule has 1 aromatic carbocycles. The monoisotopic (exact) mass is 267 g/mol. The second-order valence-electron chi connectivity index (χ2n) is 5.05. The van der Waals surface area contributed by atoms with Gasteiger partial charge in [-0.3, -0.25) is 0 Å². The van der Waals surface area contributed by atoms with Gasteiger partial charge in [-0.25, -0.2) is 0 Å². The lowest BCUT2D eigenvalue weighted by molar-refractivity contribution is 0.352. The third kappa shape index (κ3) is 3.39. The standard InChI is InChI=1S/C15H22ClNO/c1-3-7-17-11(2)4-5-12-9-14(16)10-13-6-8-18-15(12)13/h9-11,17H,3-8H2,1-2H3. The van der Waals surface area contributed by atoms with Crippen molar-refractivity contribution in [2.75, 3.05) is 13.2 Å². The third-order valence-corrected chi connectivity index (χ3v) is 3.63. The topological polar surface area (TPSA) is 21.3 Å². The maximum Gasteiger partial charge on any atom is 0.125 e. The number of fused-ring (bicyclic) bond motifs is 1. The number of hydrogen-bond acceptors (Lipinski definition) is 2. The van der Waals surface area contributed by atoms with Crippen molar-refractivity contribution in [3.63, 3.8) is 0 Å². The first-order valence-corrected chi connectivity index (χ1v) is 7.26. The summed E-state index contributed by atoms with van der Waals surface area (Å²) in [4.78, 5) is 0. The molecule has 0 spiro atoms. The Balaban J connectivity index is 1.97. The summed E-state index contributed by atoms with van der Waals surface area (Å²) < 4.78 is 5.72. The molecule has 1 heterocycles. The van der Waals surface area contributed by atoms with Crippen LogP contribution in [0.15, 0.2) is 12.1 Å². The molecule has 100 valence electrons. The Hall–Kier alpha value is -0.730. The molecule has 0 aliphatic carbocycles. The van der Waals surface area contributed by atoms with Crippen LogP contribution in [0.3, 0.4) is 0 Å². The summed E-state index contributed by atoms with van der Waals surface area (Å²) in [5, 5.41) is 4.35. The van der Waals surface area contributed by atoms with Crippen molar-refractivity contribution in [2.24, 2.45) is 0 Å². The largest absolute Gasteiger partial charge is 0.493 e. The fraction of sp³-hybridized carbons (Fsp3) is 0.600. The van der Waals surface area contributed by atoms with Gasteiger partial charge in [-0.15, -0.1) is 0 Å². The molecule has 0 amide bonds. The Kier molecular flexibility index (Phi) is 4.90. The number of rotatable bonds is 6. The van der Waals surface area contributed by atoms with Gasteiger partial charge in [0.2, 0.25) is 0 Å². The van der Waals surface area contributed by atoms with Crippen molar-refractivity contribution in [2.45, 2.75) is 45.6 Å². The van der Waals surface area contributed by atoms with Crippen molar-refractivity contribution in [1.29, 1.82) is 0 Å². The maximum atomic E-state index is 6.16. The molecular formula is C15H22ClNO. The van der Waals surface area contributed by atoms with Crippen LogP contribution in [0.1, 0.15) is 37.8 Å². The van der Waals surface area contributed by atoms with E-state index in [1.165, 1.54) is 17.5 Å². The first-order valence-electron chi connectivity index (χ1n) is 6.88. The lowest BCUT2D eigenvalue weighted by Gasteiger charge is -2.14. The minimum absolute atomic E-state index is 0.543. The van der Waals surface area contributed by atoms with E-state index in [4.69, 9.17) is 16.3 Å². The minimum atomic E-state index is 0.543. The van der Waals surface area contributed by atoms with Crippen LogP contribution in [0.25, 0.3) is 0 Å². The van der Waals surface area contributed by atoms with Crippen molar-refractivity contribution in [1.82, 2.24) is 5.32 Å². The van der Waals surface area contributed by atoms with E-state index in [9.17, 15) is 0 Å². The smallest absolute Gasteiger partial charge is 0.125 e. The van der Waals surface area contributed by atoms with Crippen LogP contribution in [0.2, 0.25) is 5.02 Å². The quantitative estimate of drug-likeness (QED) is 0.850. The average Bonchev–Trinajstić information content (AvgIpc) is 2.81. The Morgan fingerprint density at radius 3 is 3.06 bits per heavy atom. The second kappa shape index (κ2) is 6.44. The molecule has 3 heteroatoms. The van der Waals surface area contributed by atoms with Crippen LogP contribution < -0.4 is 10.1 Å². The van der Waals surface area contributed by atoms with Crippen LogP contribution in [0.5, 0.6) is 5.75 Å². The summed E-state index contributed by atoms with van der Waals surface area (Å²) in [5.41, 5.74) is 2.53. The number of aryl methyl sites for hydroxylation is 1. The van der Waals surface area contributed by atoms with Gasteiger partial charge in [-0.2, -0.15) is 0 Å². The predicted octanol–water partition coefficient (Wildman–Crippen LogP) is 3.60. The highest BCUT2D eigenvalue weighted by Crippen LogP contribution is 2.33. The molecule has 18 heavy (non-hydrogen) atoms. The van der Waals surface area contributed by atoms with Gasteiger partial charge >= 0.3 is 0 Å². The van der Waals surface area contributed by atoms with E-state index < -0.39 is 0 Å². The lowest BCUT2D eigenvalue weighted by Crippen LogP contribution is -2.27. The Morgan fingerprint density at radius 2 is 2.28 bits per heavy atom. The third-order valence-electron chi connectivity index (χ3n) is 3.41. The molecule has 0 saturated heterocycles. The van der Waals surface area contributed by atoms with Crippen LogP contribution >= 0.6 is 11.6 Å². The zero-order valence-corrected chi connectivity index (χ0v) is 12.0. The van der Waals surface area contributed by atoms with E-state index in [0.29, 0.717) is 6.04 Å². The van der Waals surface area contributed by atoms with E-state index in [1.54, 1.807) is 0 Å². The molecule has 0 aromatic heterocycles. The first kappa shape index (κ1) is 13.7. The maximum absolute atomic E-state index is 6.16. The highest BCUT2D eigenvalue weighted by Gasteiger charge is 2.17. The zero-order chi connectivity index (χ0) is 13.0. The molecule has 1 atom stereocenters. The number of nitrogens with one attached hydrogen (secondary N) is 1. The Bertz CT molecular complexity index is 406. The van der Waals surface area contributed by atoms with Gasteiger partial charge in [0.1, 0.15) is 5.75 Å². The van der Waals surface area contributed by atoms with Gasteiger partial charge in [-0.05, 0) is 56.0 Å². The lowest BCUT2D eigenvalue weighted by atomic mass is 10.0. The van der Waals surface area contributed by atoms with E-state index >= 15 is 0 Å². The minimum Gasteiger partial charge on any atom is -0.493 e. The number of hydrogen-bond donors (Lipinski definition) is 1. The summed E-state index contributed by atoms with van der Waals surface area (Å²) in [6.07, 6.45) is 4.32. The summed E-state index contributed by atoms with van der Waals surface area (Å²) >= 11 is 6.16. The van der Waals surface area contributed by atoms with E-state index in [-0.39, 0.29) is 0 Å². The van der Waals surface area contributed by atoms with Crippen LogP contribution in [0, 0.1) is 0 Å². The van der Waals surface area contributed by atoms with Crippen molar-refractivity contribution in [3.05, 3.63) is 28.3 Å². The zero-order valence-electron chi connectivity index (χ0n) is 11.3. The van der Waals surface area contributed by atoms with Gasteiger partial charge in [0.05, 0.1) is 6.61 Å². The average molecular weight is 268 g/mol. The highest BCUT2D eigenvalue weighted by atomic mass is 35.5. The van der Waals surface area contributed by atoms with Gasteiger partial charge in [0.25, 0.3) is 0 Å². The molecule has 1 aliphatic heterocycles. The Morgan fingerprint density at radius 1 is 1.44 bits per heavy atom. The van der Waals surface area contributed by atoms with E-state index in [0.717, 1.165) is 43.2 Å². The molecule has 1 N–H and O–H groups in total. The Labute approximate surface area is 115 Å². The van der Waals surface area contributed by atoms with Crippen molar-refractivity contribution in [3.8, 4) is 5.75 Å². The van der Waals surface area contributed by atoms with Crippen molar-refractivity contribution < 1.29 is 4.74 Å². The summed E-state index contributed by atoms with van der Waals surface area (Å²) in [7, 11) is 0. The number of ether oxygens (including phenoxy) is 1. The fourth-order valence-corrected chi connectivity index (χ4v) is 2.66. The van der Waals surface area contributed by atoms with Crippen LogP contribution in [0.4, 0.5) is 0 Å². The molecule has 0 bridgehead atoms. The molecular weight excluding hydrogens is 246 g/mol. The molecule has 0 fully saturated rings. The normalized spacial score (nSPS) is 15.3. The van der Waals surface area contributed by atoms with Gasteiger partial charge in [-0.1, -0.05) is 18.5 Å². The first-order chi connectivity index (χ1) is 8.70. The molecule has 1 aromatic rings. The summed E-state index contributed by atoms with van der Waals surface area (Å²) in [5.74, 6) is 1.09. The number of benzene rings is 1. The molecule has 0 saturated carbocycles. The second-order valence-corrected chi connectivity index (χ2v) is 5.48. The van der Waals surface area contributed by atoms with E-state index in [2.05, 4.69) is 25.2 Å². The molecule has 1 unspecified atom stereocenters. The summed E-state index contributed by atoms with van der Waals surface area (Å²) in [6.45, 7) is 6.32. The predicted molar refractivity (Wildman–Crippen MR) is 76.7 cm³/mol. The SMILES string of the molecule is CCCNC(C)CCc1cc(Cl)cc2c1OCC2. The van der Waals surface area contributed by atoms with Gasteiger partial charge < -0.3 is 10.1 Å². The van der Waals surface area contributed by atoms with Crippen molar-refractivity contribution >= 4 is 11.6 Å². The number of halogens is 1. The molecule has 2 nitrogen and oxygen atoms in total. The van der Waals surface area contributed by atoms with Crippen LogP contribution in [-0.4, -0.2) is 19.2 Å².